The van der Waals surface area contributed by atoms with E-state index in [4.69, 9.17) is 9.47 Å². The van der Waals surface area contributed by atoms with Crippen LogP contribution >= 0.6 is 0 Å². The Hall–Kier alpha value is -1.71. The summed E-state index contributed by atoms with van der Waals surface area (Å²) in [6.07, 6.45) is 0.495. The Kier molecular flexibility index (Phi) is 3.52. The fraction of sp³-hybridized carbons (Fsp3) is 0.462. The van der Waals surface area contributed by atoms with E-state index in [-0.39, 0.29) is 11.9 Å². The van der Waals surface area contributed by atoms with Gasteiger partial charge in [0.25, 0.3) is 0 Å². The molecule has 1 atom stereocenters. The Balaban J connectivity index is 2.13. The molecule has 17 heavy (non-hydrogen) atoms. The van der Waals surface area contributed by atoms with Gasteiger partial charge in [-0.25, -0.2) is 0 Å². The molecule has 0 radical (unpaired) electrons. The summed E-state index contributed by atoms with van der Waals surface area (Å²) >= 11 is 0. The highest BCUT2D eigenvalue weighted by molar-refractivity contribution is 5.76. The highest BCUT2D eigenvalue weighted by Crippen LogP contribution is 2.32. The van der Waals surface area contributed by atoms with Crippen LogP contribution in [0.1, 0.15) is 31.9 Å². The van der Waals surface area contributed by atoms with Gasteiger partial charge in [0.15, 0.2) is 11.5 Å². The monoisotopic (exact) mass is 235 g/mol. The second kappa shape index (κ2) is 5.08. The predicted octanol–water partition coefficient (Wildman–Crippen LogP) is 2.04. The van der Waals surface area contributed by atoms with Crippen molar-refractivity contribution in [3.05, 3.63) is 23.8 Å². The third kappa shape index (κ3) is 2.70. The molecule has 1 heterocycles. The van der Waals surface area contributed by atoms with Crippen LogP contribution in [-0.2, 0) is 4.79 Å². The summed E-state index contributed by atoms with van der Waals surface area (Å²) in [5, 5.41) is 2.92. The van der Waals surface area contributed by atoms with Crippen LogP contribution in [0.15, 0.2) is 18.2 Å². The number of benzene rings is 1. The highest BCUT2D eigenvalue weighted by Gasteiger charge is 2.15. The van der Waals surface area contributed by atoms with E-state index in [9.17, 15) is 4.79 Å². The Morgan fingerprint density at radius 2 is 2.06 bits per heavy atom. The van der Waals surface area contributed by atoms with Crippen LogP contribution in [0.25, 0.3) is 0 Å². The summed E-state index contributed by atoms with van der Waals surface area (Å²) in [6, 6.07) is 5.75. The van der Waals surface area contributed by atoms with Crippen molar-refractivity contribution in [3.63, 3.8) is 0 Å². The number of amides is 1. The van der Waals surface area contributed by atoms with Gasteiger partial charge in [-0.15, -0.1) is 0 Å². The van der Waals surface area contributed by atoms with E-state index >= 15 is 0 Å². The number of rotatable bonds is 3. The average molecular weight is 235 g/mol. The molecular formula is C13H17NO3. The minimum absolute atomic E-state index is 0.0155. The number of carbonyl (C=O) groups is 1. The maximum absolute atomic E-state index is 11.3. The SMILES string of the molecule is CCC(=O)N[C@H](C)c1ccc2c(c1)OCCO2. The van der Waals surface area contributed by atoms with Crippen LogP contribution in [-0.4, -0.2) is 19.1 Å². The van der Waals surface area contributed by atoms with Crippen LogP contribution < -0.4 is 14.8 Å². The molecular weight excluding hydrogens is 218 g/mol. The zero-order chi connectivity index (χ0) is 12.3. The largest absolute Gasteiger partial charge is 0.486 e. The van der Waals surface area contributed by atoms with Gasteiger partial charge in [-0.05, 0) is 24.6 Å². The fourth-order valence-electron chi connectivity index (χ4n) is 1.76. The summed E-state index contributed by atoms with van der Waals surface area (Å²) in [6.45, 7) is 4.96. The molecule has 0 aliphatic carbocycles. The predicted molar refractivity (Wildman–Crippen MR) is 64.3 cm³/mol. The quantitative estimate of drug-likeness (QED) is 0.872. The Morgan fingerprint density at radius 1 is 1.35 bits per heavy atom. The molecule has 1 amide bonds. The smallest absolute Gasteiger partial charge is 0.220 e. The molecule has 4 nitrogen and oxygen atoms in total. The highest BCUT2D eigenvalue weighted by atomic mass is 16.6. The van der Waals surface area contributed by atoms with Crippen molar-refractivity contribution in [1.29, 1.82) is 0 Å². The van der Waals surface area contributed by atoms with Gasteiger partial charge in [0.05, 0.1) is 6.04 Å². The van der Waals surface area contributed by atoms with Gasteiger partial charge in [0, 0.05) is 6.42 Å². The molecule has 92 valence electrons. The van der Waals surface area contributed by atoms with Crippen LogP contribution in [0, 0.1) is 0 Å². The number of carbonyl (C=O) groups excluding carboxylic acids is 1. The lowest BCUT2D eigenvalue weighted by Crippen LogP contribution is -2.25. The second-order valence-corrected chi connectivity index (χ2v) is 4.05. The van der Waals surface area contributed by atoms with Gasteiger partial charge in [-0.1, -0.05) is 13.0 Å². The van der Waals surface area contributed by atoms with Crippen molar-refractivity contribution in [2.24, 2.45) is 0 Å². The van der Waals surface area contributed by atoms with Crippen molar-refractivity contribution in [3.8, 4) is 11.5 Å². The van der Waals surface area contributed by atoms with Crippen molar-refractivity contribution in [2.45, 2.75) is 26.3 Å². The van der Waals surface area contributed by atoms with Gasteiger partial charge >= 0.3 is 0 Å². The lowest BCUT2D eigenvalue weighted by molar-refractivity contribution is -0.121. The van der Waals surface area contributed by atoms with Crippen molar-refractivity contribution in [2.75, 3.05) is 13.2 Å². The van der Waals surface area contributed by atoms with E-state index < -0.39 is 0 Å². The topological polar surface area (TPSA) is 47.6 Å². The second-order valence-electron chi connectivity index (χ2n) is 4.05. The van der Waals surface area contributed by atoms with E-state index in [1.165, 1.54) is 0 Å². The minimum Gasteiger partial charge on any atom is -0.486 e. The van der Waals surface area contributed by atoms with Crippen molar-refractivity contribution in [1.82, 2.24) is 5.32 Å². The third-order valence-corrected chi connectivity index (χ3v) is 2.76. The lowest BCUT2D eigenvalue weighted by Gasteiger charge is -2.21. The minimum atomic E-state index is -0.0155. The fourth-order valence-corrected chi connectivity index (χ4v) is 1.76. The summed E-state index contributed by atoms with van der Waals surface area (Å²) < 4.78 is 11.0. The maximum Gasteiger partial charge on any atom is 0.220 e. The molecule has 1 aliphatic rings. The van der Waals surface area contributed by atoms with Gasteiger partial charge in [-0.3, -0.25) is 4.79 Å². The Bertz CT molecular complexity index is 417. The van der Waals surface area contributed by atoms with E-state index in [2.05, 4.69) is 5.32 Å². The number of hydrogen-bond donors (Lipinski definition) is 1. The van der Waals surface area contributed by atoms with E-state index in [0.29, 0.717) is 19.6 Å². The average Bonchev–Trinajstić information content (AvgIpc) is 2.38. The van der Waals surface area contributed by atoms with Gasteiger partial charge < -0.3 is 14.8 Å². The number of fused-ring (bicyclic) bond motifs is 1. The van der Waals surface area contributed by atoms with E-state index in [0.717, 1.165) is 17.1 Å². The van der Waals surface area contributed by atoms with Gasteiger partial charge in [0.1, 0.15) is 13.2 Å². The van der Waals surface area contributed by atoms with E-state index in [1.807, 2.05) is 32.0 Å². The maximum atomic E-state index is 11.3. The molecule has 0 unspecified atom stereocenters. The molecule has 1 aromatic carbocycles. The molecule has 0 bridgehead atoms. The van der Waals surface area contributed by atoms with Crippen LogP contribution in [0.5, 0.6) is 11.5 Å². The first-order chi connectivity index (χ1) is 8.20. The first-order valence-electron chi connectivity index (χ1n) is 5.89. The van der Waals surface area contributed by atoms with Gasteiger partial charge in [0.2, 0.25) is 5.91 Å². The zero-order valence-corrected chi connectivity index (χ0v) is 10.2. The molecule has 0 spiro atoms. The number of hydrogen-bond acceptors (Lipinski definition) is 3. The standard InChI is InChI=1S/C13H17NO3/c1-3-13(15)14-9(2)10-4-5-11-12(8-10)17-7-6-16-11/h4-5,8-9H,3,6-7H2,1-2H3,(H,14,15)/t9-/m1/s1. The number of nitrogens with one attached hydrogen (secondary N) is 1. The van der Waals surface area contributed by atoms with Gasteiger partial charge in [-0.2, -0.15) is 0 Å². The Labute approximate surface area is 101 Å². The van der Waals surface area contributed by atoms with Crippen LogP contribution in [0.2, 0.25) is 0 Å². The lowest BCUT2D eigenvalue weighted by atomic mass is 10.1. The summed E-state index contributed by atoms with van der Waals surface area (Å²) in [4.78, 5) is 11.3. The molecule has 0 aromatic heterocycles. The number of ether oxygens (including phenoxy) is 2. The van der Waals surface area contributed by atoms with Crippen LogP contribution in [0.3, 0.4) is 0 Å². The summed E-state index contributed by atoms with van der Waals surface area (Å²) in [5.74, 6) is 1.58. The molecule has 1 N–H and O–H groups in total. The van der Waals surface area contributed by atoms with Crippen molar-refractivity contribution >= 4 is 5.91 Å². The zero-order valence-electron chi connectivity index (χ0n) is 10.2. The molecule has 0 saturated carbocycles. The molecule has 1 aliphatic heterocycles. The van der Waals surface area contributed by atoms with Crippen LogP contribution in [0.4, 0.5) is 0 Å². The first kappa shape index (κ1) is 11.8. The summed E-state index contributed by atoms with van der Waals surface area (Å²) in [5.41, 5.74) is 1.02. The van der Waals surface area contributed by atoms with Crippen molar-refractivity contribution < 1.29 is 14.3 Å². The molecule has 4 heteroatoms. The molecule has 0 fully saturated rings. The molecule has 1 aromatic rings. The molecule has 2 rings (SSSR count). The normalized spacial score (nSPS) is 15.2. The molecule has 0 saturated heterocycles. The Morgan fingerprint density at radius 3 is 2.76 bits per heavy atom. The summed E-state index contributed by atoms with van der Waals surface area (Å²) in [7, 11) is 0. The first-order valence-corrected chi connectivity index (χ1v) is 5.89. The third-order valence-electron chi connectivity index (χ3n) is 2.76. The van der Waals surface area contributed by atoms with E-state index in [1.54, 1.807) is 0 Å².